The molecular formula is C17H17ClN2O3S. The van der Waals surface area contributed by atoms with Crippen molar-refractivity contribution in [2.75, 3.05) is 13.1 Å². The van der Waals surface area contributed by atoms with Gasteiger partial charge in [-0.1, -0.05) is 30.2 Å². The molecular weight excluding hydrogens is 348 g/mol. The molecule has 1 N–H and O–H groups in total. The van der Waals surface area contributed by atoms with Gasteiger partial charge in [-0.15, -0.1) is 0 Å². The van der Waals surface area contributed by atoms with Crippen LogP contribution >= 0.6 is 23.4 Å². The van der Waals surface area contributed by atoms with Crippen molar-refractivity contribution >= 4 is 46.5 Å². The SMILES string of the molecule is O=C(NCCN1C(=O)SC(=Cc2ccc(Cl)cc2)C1=O)C1CCC1. The Morgan fingerprint density at radius 2 is 2.00 bits per heavy atom. The summed E-state index contributed by atoms with van der Waals surface area (Å²) in [6.45, 7) is 0.489. The normalized spacial score (nSPS) is 19.7. The summed E-state index contributed by atoms with van der Waals surface area (Å²) >= 11 is 6.75. The van der Waals surface area contributed by atoms with Crippen molar-refractivity contribution in [1.82, 2.24) is 10.2 Å². The van der Waals surface area contributed by atoms with E-state index in [0.717, 1.165) is 36.6 Å². The second kappa shape index (κ2) is 7.40. The van der Waals surface area contributed by atoms with Gasteiger partial charge in [0.15, 0.2) is 0 Å². The first-order valence-corrected chi connectivity index (χ1v) is 9.02. The summed E-state index contributed by atoms with van der Waals surface area (Å²) in [5, 5.41) is 3.10. The van der Waals surface area contributed by atoms with Crippen LogP contribution in [0.2, 0.25) is 5.02 Å². The van der Waals surface area contributed by atoms with Crippen molar-refractivity contribution < 1.29 is 14.4 Å². The van der Waals surface area contributed by atoms with E-state index in [9.17, 15) is 14.4 Å². The molecule has 5 nitrogen and oxygen atoms in total. The fourth-order valence-electron chi connectivity index (χ4n) is 2.51. The first-order valence-electron chi connectivity index (χ1n) is 7.83. The maximum atomic E-state index is 12.3. The highest BCUT2D eigenvalue weighted by atomic mass is 35.5. The van der Waals surface area contributed by atoms with Crippen LogP contribution in [0.3, 0.4) is 0 Å². The third-order valence-electron chi connectivity index (χ3n) is 4.15. The highest BCUT2D eigenvalue weighted by Gasteiger charge is 2.35. The van der Waals surface area contributed by atoms with E-state index in [1.165, 1.54) is 4.90 Å². The van der Waals surface area contributed by atoms with Crippen molar-refractivity contribution in [3.05, 3.63) is 39.8 Å². The number of nitrogens with zero attached hydrogens (tertiary/aromatic N) is 1. The summed E-state index contributed by atoms with van der Waals surface area (Å²) in [5.74, 6) is -0.201. The highest BCUT2D eigenvalue weighted by Crippen LogP contribution is 2.32. The molecule has 1 aliphatic heterocycles. The average molecular weight is 365 g/mol. The Kier molecular flexibility index (Phi) is 5.26. The van der Waals surface area contributed by atoms with Gasteiger partial charge in [0, 0.05) is 24.0 Å². The van der Waals surface area contributed by atoms with E-state index in [2.05, 4.69) is 5.32 Å². The van der Waals surface area contributed by atoms with Crippen LogP contribution in [0.4, 0.5) is 4.79 Å². The number of imide groups is 1. The topological polar surface area (TPSA) is 66.5 Å². The molecule has 1 aliphatic carbocycles. The fourth-order valence-corrected chi connectivity index (χ4v) is 3.50. The third kappa shape index (κ3) is 3.82. The van der Waals surface area contributed by atoms with Crippen molar-refractivity contribution in [3.63, 3.8) is 0 Å². The van der Waals surface area contributed by atoms with E-state index in [0.29, 0.717) is 16.5 Å². The van der Waals surface area contributed by atoms with Crippen LogP contribution in [-0.2, 0) is 9.59 Å². The lowest BCUT2D eigenvalue weighted by molar-refractivity contribution is -0.128. The van der Waals surface area contributed by atoms with E-state index in [-0.39, 0.29) is 29.5 Å². The molecule has 0 unspecified atom stereocenters. The summed E-state index contributed by atoms with van der Waals surface area (Å²) < 4.78 is 0. The summed E-state index contributed by atoms with van der Waals surface area (Å²) in [6, 6.07) is 7.03. The lowest BCUT2D eigenvalue weighted by Gasteiger charge is -2.24. The van der Waals surface area contributed by atoms with Crippen LogP contribution in [0.15, 0.2) is 29.2 Å². The third-order valence-corrected chi connectivity index (χ3v) is 5.31. The number of nitrogens with one attached hydrogen (secondary N) is 1. The van der Waals surface area contributed by atoms with E-state index in [1.54, 1.807) is 30.3 Å². The highest BCUT2D eigenvalue weighted by molar-refractivity contribution is 8.18. The fraction of sp³-hybridized carbons (Fsp3) is 0.353. The quantitative estimate of drug-likeness (QED) is 0.814. The maximum Gasteiger partial charge on any atom is 0.293 e. The number of carbonyl (C=O) groups is 3. The number of carbonyl (C=O) groups excluding carboxylic acids is 3. The standard InChI is InChI=1S/C17H17ClN2O3S/c18-13-6-4-11(5-7-13)10-14-16(22)20(17(23)24-14)9-8-19-15(21)12-2-1-3-12/h4-7,10,12H,1-3,8-9H2,(H,19,21). The summed E-state index contributed by atoms with van der Waals surface area (Å²) in [4.78, 5) is 37.7. The molecule has 2 fully saturated rings. The van der Waals surface area contributed by atoms with Crippen LogP contribution in [0, 0.1) is 5.92 Å². The Morgan fingerprint density at radius 3 is 2.62 bits per heavy atom. The Bertz CT molecular complexity index is 698. The van der Waals surface area contributed by atoms with Crippen LogP contribution in [0.5, 0.6) is 0 Å². The first kappa shape index (κ1) is 17.0. The van der Waals surface area contributed by atoms with Crippen LogP contribution in [0.25, 0.3) is 6.08 Å². The average Bonchev–Trinajstić information content (AvgIpc) is 2.75. The molecule has 1 saturated heterocycles. The molecule has 0 bridgehead atoms. The molecule has 0 atom stereocenters. The van der Waals surface area contributed by atoms with E-state index < -0.39 is 0 Å². The van der Waals surface area contributed by atoms with Gasteiger partial charge in [0.05, 0.1) is 4.91 Å². The summed E-state index contributed by atoms with van der Waals surface area (Å²) in [5.41, 5.74) is 0.809. The smallest absolute Gasteiger partial charge is 0.293 e. The molecule has 0 aromatic heterocycles. The van der Waals surface area contributed by atoms with Crippen LogP contribution in [-0.4, -0.2) is 35.0 Å². The van der Waals surface area contributed by atoms with Gasteiger partial charge < -0.3 is 5.32 Å². The molecule has 0 spiro atoms. The van der Waals surface area contributed by atoms with Crippen LogP contribution in [0.1, 0.15) is 24.8 Å². The van der Waals surface area contributed by atoms with Gasteiger partial charge >= 0.3 is 0 Å². The minimum Gasteiger partial charge on any atom is -0.354 e. The van der Waals surface area contributed by atoms with E-state index in [4.69, 9.17) is 11.6 Å². The minimum atomic E-state index is -0.321. The Balaban J connectivity index is 1.57. The van der Waals surface area contributed by atoms with Gasteiger partial charge in [-0.2, -0.15) is 0 Å². The molecule has 3 amide bonds. The summed E-state index contributed by atoms with van der Waals surface area (Å²) in [7, 11) is 0. The second-order valence-corrected chi connectivity index (χ2v) is 7.23. The van der Waals surface area contributed by atoms with Crippen molar-refractivity contribution in [2.24, 2.45) is 5.92 Å². The number of hydrogen-bond donors (Lipinski definition) is 1. The number of hydrogen-bond acceptors (Lipinski definition) is 4. The molecule has 2 aliphatic rings. The number of benzene rings is 1. The van der Waals surface area contributed by atoms with Crippen molar-refractivity contribution in [1.29, 1.82) is 0 Å². The largest absolute Gasteiger partial charge is 0.354 e. The molecule has 1 heterocycles. The molecule has 3 rings (SSSR count). The molecule has 1 aromatic carbocycles. The number of thioether (sulfide) groups is 1. The Morgan fingerprint density at radius 1 is 1.29 bits per heavy atom. The lowest BCUT2D eigenvalue weighted by Crippen LogP contribution is -2.40. The summed E-state index contributed by atoms with van der Waals surface area (Å²) in [6.07, 6.45) is 4.62. The monoisotopic (exact) mass is 364 g/mol. The second-order valence-electron chi connectivity index (χ2n) is 5.80. The molecule has 126 valence electrons. The lowest BCUT2D eigenvalue weighted by atomic mass is 9.85. The zero-order valence-corrected chi connectivity index (χ0v) is 14.5. The van der Waals surface area contributed by atoms with E-state index in [1.807, 2.05) is 0 Å². The van der Waals surface area contributed by atoms with Gasteiger partial charge in [0.25, 0.3) is 11.1 Å². The predicted molar refractivity (Wildman–Crippen MR) is 94.5 cm³/mol. The minimum absolute atomic E-state index is 0.0185. The predicted octanol–water partition coefficient (Wildman–Crippen LogP) is 3.29. The number of amides is 3. The molecule has 24 heavy (non-hydrogen) atoms. The Labute approximate surface area is 149 Å². The van der Waals surface area contributed by atoms with Crippen molar-refractivity contribution in [3.8, 4) is 0 Å². The first-order chi connectivity index (χ1) is 11.5. The zero-order chi connectivity index (χ0) is 17.1. The van der Waals surface area contributed by atoms with Gasteiger partial charge in [-0.25, -0.2) is 0 Å². The number of rotatable bonds is 5. The van der Waals surface area contributed by atoms with Gasteiger partial charge in [-0.3, -0.25) is 19.3 Å². The van der Waals surface area contributed by atoms with Crippen molar-refractivity contribution in [2.45, 2.75) is 19.3 Å². The molecule has 1 saturated carbocycles. The molecule has 7 heteroatoms. The van der Waals surface area contributed by atoms with Gasteiger partial charge in [0.1, 0.15) is 0 Å². The number of halogens is 1. The van der Waals surface area contributed by atoms with E-state index >= 15 is 0 Å². The maximum absolute atomic E-state index is 12.3. The Hall–Kier alpha value is -1.79. The zero-order valence-electron chi connectivity index (χ0n) is 13.0. The van der Waals surface area contributed by atoms with Gasteiger partial charge in [0.2, 0.25) is 5.91 Å². The van der Waals surface area contributed by atoms with Gasteiger partial charge in [-0.05, 0) is 48.4 Å². The molecule has 1 aromatic rings. The molecule has 0 radical (unpaired) electrons. The van der Waals surface area contributed by atoms with Crippen LogP contribution < -0.4 is 5.32 Å².